The molecule has 0 fully saturated rings. The quantitative estimate of drug-likeness (QED) is 0.792. The maximum Gasteiger partial charge on any atom is 0.128 e. The average Bonchev–Trinajstić information content (AvgIpc) is 2.17. The molecule has 78 valence electrons. The Bertz CT molecular complexity index is 286. The predicted octanol–water partition coefficient (Wildman–Crippen LogP) is 1.67. The van der Waals surface area contributed by atoms with Gasteiger partial charge in [0.25, 0.3) is 0 Å². The molecule has 1 aromatic rings. The molecule has 0 aromatic carbocycles. The zero-order chi connectivity index (χ0) is 10.6. The van der Waals surface area contributed by atoms with E-state index in [9.17, 15) is 0 Å². The Morgan fingerprint density at radius 1 is 1.43 bits per heavy atom. The average molecular weight is 194 g/mol. The molecule has 14 heavy (non-hydrogen) atoms. The molecular weight excluding hydrogens is 176 g/mol. The molecule has 0 spiro atoms. The number of rotatable bonds is 4. The molecule has 0 aliphatic heterocycles. The van der Waals surface area contributed by atoms with Crippen molar-refractivity contribution < 1.29 is 5.11 Å². The van der Waals surface area contributed by atoms with E-state index in [-0.39, 0.29) is 6.61 Å². The second kappa shape index (κ2) is 4.96. The molecule has 0 saturated heterocycles. The molecule has 0 saturated carbocycles. The van der Waals surface area contributed by atoms with E-state index >= 15 is 0 Å². The van der Waals surface area contributed by atoms with Crippen molar-refractivity contribution in [2.75, 3.05) is 18.5 Å². The fraction of sp³-hybridized carbons (Fsp3) is 0.545. The van der Waals surface area contributed by atoms with Gasteiger partial charge in [-0.1, -0.05) is 19.9 Å². The van der Waals surface area contributed by atoms with E-state index in [0.717, 1.165) is 18.1 Å². The van der Waals surface area contributed by atoms with Gasteiger partial charge in [-0.2, -0.15) is 0 Å². The van der Waals surface area contributed by atoms with E-state index in [4.69, 9.17) is 5.11 Å². The molecule has 1 N–H and O–H groups in total. The lowest BCUT2D eigenvalue weighted by molar-refractivity contribution is 0.277. The topological polar surface area (TPSA) is 36.4 Å². The second-order valence-electron chi connectivity index (χ2n) is 3.92. The molecular formula is C11H18N2O. The molecule has 0 amide bonds. The van der Waals surface area contributed by atoms with Crippen molar-refractivity contribution in [3.05, 3.63) is 23.9 Å². The third-order valence-electron chi connectivity index (χ3n) is 1.98. The maximum absolute atomic E-state index is 8.94. The van der Waals surface area contributed by atoms with Crippen molar-refractivity contribution in [2.45, 2.75) is 20.5 Å². The molecule has 0 bridgehead atoms. The molecule has 0 aliphatic carbocycles. The van der Waals surface area contributed by atoms with Crippen LogP contribution in [-0.2, 0) is 6.61 Å². The molecule has 1 rings (SSSR count). The van der Waals surface area contributed by atoms with Gasteiger partial charge in [-0.15, -0.1) is 0 Å². The minimum Gasteiger partial charge on any atom is -0.390 e. The van der Waals surface area contributed by atoms with Crippen LogP contribution in [0, 0.1) is 5.92 Å². The van der Waals surface area contributed by atoms with Crippen LogP contribution >= 0.6 is 0 Å². The Hall–Kier alpha value is -1.09. The van der Waals surface area contributed by atoms with E-state index in [0.29, 0.717) is 5.92 Å². The highest BCUT2D eigenvalue weighted by molar-refractivity contribution is 5.38. The van der Waals surface area contributed by atoms with Crippen LogP contribution in [0.1, 0.15) is 19.5 Å². The van der Waals surface area contributed by atoms with E-state index in [1.807, 2.05) is 25.2 Å². The first-order chi connectivity index (χ1) is 6.63. The lowest BCUT2D eigenvalue weighted by Crippen LogP contribution is -2.23. The first-order valence-electron chi connectivity index (χ1n) is 4.91. The Labute approximate surface area is 85.4 Å². The monoisotopic (exact) mass is 194 g/mol. The summed E-state index contributed by atoms with van der Waals surface area (Å²) in [6.07, 6.45) is 0. The number of aliphatic hydroxyl groups excluding tert-OH is 1. The fourth-order valence-corrected chi connectivity index (χ4v) is 1.41. The fourth-order valence-electron chi connectivity index (χ4n) is 1.41. The first kappa shape index (κ1) is 11.0. The Balaban J connectivity index is 2.73. The second-order valence-corrected chi connectivity index (χ2v) is 3.92. The summed E-state index contributed by atoms with van der Waals surface area (Å²) < 4.78 is 0. The summed E-state index contributed by atoms with van der Waals surface area (Å²) in [7, 11) is 2.02. The lowest BCUT2D eigenvalue weighted by atomic mass is 10.2. The molecule has 0 aliphatic rings. The highest BCUT2D eigenvalue weighted by atomic mass is 16.3. The summed E-state index contributed by atoms with van der Waals surface area (Å²) in [4.78, 5) is 6.42. The third-order valence-corrected chi connectivity index (χ3v) is 1.98. The van der Waals surface area contributed by atoms with E-state index < -0.39 is 0 Å². The Morgan fingerprint density at radius 2 is 2.14 bits per heavy atom. The molecule has 1 heterocycles. The number of anilines is 1. The van der Waals surface area contributed by atoms with Crippen molar-refractivity contribution in [1.29, 1.82) is 0 Å². The van der Waals surface area contributed by atoms with Crippen molar-refractivity contribution in [1.82, 2.24) is 4.98 Å². The van der Waals surface area contributed by atoms with Crippen LogP contribution < -0.4 is 4.90 Å². The zero-order valence-electron chi connectivity index (χ0n) is 9.07. The van der Waals surface area contributed by atoms with E-state index in [1.54, 1.807) is 0 Å². The van der Waals surface area contributed by atoms with Crippen LogP contribution in [-0.4, -0.2) is 23.7 Å². The smallest absolute Gasteiger partial charge is 0.128 e. The van der Waals surface area contributed by atoms with Crippen LogP contribution in [0.4, 0.5) is 5.82 Å². The van der Waals surface area contributed by atoms with Gasteiger partial charge in [-0.3, -0.25) is 0 Å². The van der Waals surface area contributed by atoms with Crippen LogP contribution in [0.25, 0.3) is 0 Å². The van der Waals surface area contributed by atoms with Gasteiger partial charge in [0.15, 0.2) is 0 Å². The normalized spacial score (nSPS) is 10.6. The first-order valence-corrected chi connectivity index (χ1v) is 4.91. The number of hydrogen-bond donors (Lipinski definition) is 1. The van der Waals surface area contributed by atoms with Crippen molar-refractivity contribution >= 4 is 5.82 Å². The molecule has 0 unspecified atom stereocenters. The van der Waals surface area contributed by atoms with E-state index in [1.165, 1.54) is 0 Å². The highest BCUT2D eigenvalue weighted by Crippen LogP contribution is 2.11. The molecule has 1 aromatic heterocycles. The largest absolute Gasteiger partial charge is 0.390 e. The summed E-state index contributed by atoms with van der Waals surface area (Å²) in [6, 6.07) is 5.71. The van der Waals surface area contributed by atoms with Gasteiger partial charge in [0.2, 0.25) is 0 Å². The third kappa shape index (κ3) is 3.00. The van der Waals surface area contributed by atoms with E-state index in [2.05, 4.69) is 23.7 Å². The number of aliphatic hydroxyl groups is 1. The lowest BCUT2D eigenvalue weighted by Gasteiger charge is -2.20. The highest BCUT2D eigenvalue weighted by Gasteiger charge is 2.04. The number of pyridine rings is 1. The summed E-state index contributed by atoms with van der Waals surface area (Å²) >= 11 is 0. The zero-order valence-corrected chi connectivity index (χ0v) is 9.07. The predicted molar refractivity (Wildman–Crippen MR) is 58.3 cm³/mol. The Kier molecular flexibility index (Phi) is 3.89. The number of hydrogen-bond acceptors (Lipinski definition) is 3. The minimum atomic E-state index is 0.00333. The van der Waals surface area contributed by atoms with Crippen molar-refractivity contribution in [3.8, 4) is 0 Å². The van der Waals surface area contributed by atoms with Gasteiger partial charge in [0.05, 0.1) is 12.3 Å². The SMILES string of the molecule is CC(C)CN(C)c1cccc(CO)n1. The van der Waals surface area contributed by atoms with Crippen LogP contribution in [0.5, 0.6) is 0 Å². The minimum absolute atomic E-state index is 0.00333. The molecule has 3 heteroatoms. The summed E-state index contributed by atoms with van der Waals surface area (Å²) in [5.41, 5.74) is 0.720. The molecule has 0 atom stereocenters. The van der Waals surface area contributed by atoms with Gasteiger partial charge in [0.1, 0.15) is 5.82 Å². The van der Waals surface area contributed by atoms with Gasteiger partial charge in [-0.25, -0.2) is 4.98 Å². The molecule has 0 radical (unpaired) electrons. The molecule has 3 nitrogen and oxygen atoms in total. The maximum atomic E-state index is 8.94. The van der Waals surface area contributed by atoms with Crippen LogP contribution in [0.2, 0.25) is 0 Å². The van der Waals surface area contributed by atoms with Gasteiger partial charge < -0.3 is 10.0 Å². The summed E-state index contributed by atoms with van der Waals surface area (Å²) in [5, 5.41) is 8.94. The van der Waals surface area contributed by atoms with Crippen molar-refractivity contribution in [2.24, 2.45) is 5.92 Å². The van der Waals surface area contributed by atoms with Crippen LogP contribution in [0.15, 0.2) is 18.2 Å². The summed E-state index contributed by atoms with van der Waals surface area (Å²) in [5.74, 6) is 1.53. The standard InChI is InChI=1S/C11H18N2O/c1-9(2)7-13(3)11-6-4-5-10(8-14)12-11/h4-6,9,14H,7-8H2,1-3H3. The number of aromatic nitrogens is 1. The summed E-state index contributed by atoms with van der Waals surface area (Å²) in [6.45, 7) is 5.32. The van der Waals surface area contributed by atoms with Gasteiger partial charge in [0, 0.05) is 13.6 Å². The van der Waals surface area contributed by atoms with Gasteiger partial charge >= 0.3 is 0 Å². The Morgan fingerprint density at radius 3 is 2.71 bits per heavy atom. The van der Waals surface area contributed by atoms with Crippen molar-refractivity contribution in [3.63, 3.8) is 0 Å². The van der Waals surface area contributed by atoms with Gasteiger partial charge in [-0.05, 0) is 18.1 Å². The number of nitrogens with zero attached hydrogens (tertiary/aromatic N) is 2. The van der Waals surface area contributed by atoms with Crippen LogP contribution in [0.3, 0.4) is 0 Å².